The van der Waals surface area contributed by atoms with Gasteiger partial charge in [0.05, 0.1) is 0 Å². The SMILES string of the molecule is NCc1cccnc1Sc1ccc2c(c1)CCC2. The largest absolute Gasteiger partial charge is 0.326 e. The molecule has 2 N–H and O–H groups in total. The van der Waals surface area contributed by atoms with Gasteiger partial charge in [-0.25, -0.2) is 4.98 Å². The van der Waals surface area contributed by atoms with Gasteiger partial charge in [0.1, 0.15) is 5.03 Å². The van der Waals surface area contributed by atoms with Gasteiger partial charge < -0.3 is 5.73 Å². The van der Waals surface area contributed by atoms with Gasteiger partial charge >= 0.3 is 0 Å². The van der Waals surface area contributed by atoms with Gasteiger partial charge in [-0.15, -0.1) is 0 Å². The van der Waals surface area contributed by atoms with E-state index in [1.807, 2.05) is 18.3 Å². The minimum absolute atomic E-state index is 0.543. The van der Waals surface area contributed by atoms with E-state index in [1.165, 1.54) is 35.3 Å². The number of hydrogen-bond donors (Lipinski definition) is 1. The summed E-state index contributed by atoms with van der Waals surface area (Å²) in [5.41, 5.74) is 9.87. The van der Waals surface area contributed by atoms with E-state index in [0.717, 1.165) is 10.6 Å². The quantitative estimate of drug-likeness (QED) is 0.916. The Bertz CT molecular complexity index is 566. The van der Waals surface area contributed by atoms with Gasteiger partial charge in [0.2, 0.25) is 0 Å². The van der Waals surface area contributed by atoms with Crippen LogP contribution in [-0.2, 0) is 19.4 Å². The highest BCUT2D eigenvalue weighted by Gasteiger charge is 2.12. The molecule has 0 saturated carbocycles. The standard InChI is InChI=1S/C15H16N2S/c16-10-13-5-2-8-17-15(13)18-14-7-6-11-3-1-4-12(11)9-14/h2,5-9H,1,3-4,10,16H2. The summed E-state index contributed by atoms with van der Waals surface area (Å²) in [7, 11) is 0. The topological polar surface area (TPSA) is 38.9 Å². The average molecular weight is 256 g/mol. The van der Waals surface area contributed by atoms with Crippen molar-refractivity contribution in [3.8, 4) is 0 Å². The molecule has 1 heterocycles. The lowest BCUT2D eigenvalue weighted by atomic mass is 10.1. The molecular weight excluding hydrogens is 240 g/mol. The zero-order valence-electron chi connectivity index (χ0n) is 10.2. The number of pyridine rings is 1. The Morgan fingerprint density at radius 3 is 2.94 bits per heavy atom. The van der Waals surface area contributed by atoms with Crippen molar-refractivity contribution in [2.24, 2.45) is 5.73 Å². The highest BCUT2D eigenvalue weighted by Crippen LogP contribution is 2.32. The lowest BCUT2D eigenvalue weighted by Gasteiger charge is -2.07. The lowest BCUT2D eigenvalue weighted by molar-refractivity contribution is 0.911. The Balaban J connectivity index is 1.88. The van der Waals surface area contributed by atoms with Crippen LogP contribution >= 0.6 is 11.8 Å². The molecule has 0 fully saturated rings. The van der Waals surface area contributed by atoms with Gasteiger partial charge in [-0.05, 0) is 54.2 Å². The van der Waals surface area contributed by atoms with Crippen LogP contribution in [0.1, 0.15) is 23.1 Å². The van der Waals surface area contributed by atoms with Crippen LogP contribution in [0.15, 0.2) is 46.5 Å². The molecule has 0 radical (unpaired) electrons. The zero-order chi connectivity index (χ0) is 12.4. The molecule has 1 aliphatic carbocycles. The highest BCUT2D eigenvalue weighted by atomic mass is 32.2. The molecule has 0 aliphatic heterocycles. The van der Waals surface area contributed by atoms with E-state index < -0.39 is 0 Å². The molecule has 0 atom stereocenters. The van der Waals surface area contributed by atoms with Crippen molar-refractivity contribution in [3.63, 3.8) is 0 Å². The van der Waals surface area contributed by atoms with Crippen LogP contribution in [0, 0.1) is 0 Å². The second-order valence-corrected chi connectivity index (χ2v) is 5.62. The van der Waals surface area contributed by atoms with E-state index in [-0.39, 0.29) is 0 Å². The molecule has 0 unspecified atom stereocenters. The van der Waals surface area contributed by atoms with Crippen molar-refractivity contribution < 1.29 is 0 Å². The molecule has 1 aromatic carbocycles. The maximum Gasteiger partial charge on any atom is 0.105 e. The van der Waals surface area contributed by atoms with Crippen molar-refractivity contribution in [3.05, 3.63) is 53.2 Å². The first kappa shape index (κ1) is 11.8. The van der Waals surface area contributed by atoms with E-state index in [2.05, 4.69) is 23.2 Å². The number of hydrogen-bond acceptors (Lipinski definition) is 3. The second-order valence-electron chi connectivity index (χ2n) is 4.56. The molecule has 18 heavy (non-hydrogen) atoms. The third kappa shape index (κ3) is 2.28. The minimum Gasteiger partial charge on any atom is -0.326 e. The van der Waals surface area contributed by atoms with Crippen LogP contribution in [0.5, 0.6) is 0 Å². The summed E-state index contributed by atoms with van der Waals surface area (Å²) in [5, 5.41) is 1.03. The molecule has 1 aliphatic rings. The Morgan fingerprint density at radius 1 is 1.17 bits per heavy atom. The molecular formula is C15H16N2S. The third-order valence-corrected chi connectivity index (χ3v) is 4.40. The molecule has 0 saturated heterocycles. The van der Waals surface area contributed by atoms with Gasteiger partial charge in [0.15, 0.2) is 0 Å². The van der Waals surface area contributed by atoms with E-state index in [4.69, 9.17) is 5.73 Å². The monoisotopic (exact) mass is 256 g/mol. The first-order valence-corrected chi connectivity index (χ1v) is 7.12. The zero-order valence-corrected chi connectivity index (χ0v) is 11.0. The number of rotatable bonds is 3. The van der Waals surface area contributed by atoms with Crippen molar-refractivity contribution in [2.75, 3.05) is 0 Å². The number of benzene rings is 1. The molecule has 2 aromatic rings. The van der Waals surface area contributed by atoms with Gasteiger partial charge in [0, 0.05) is 17.6 Å². The first-order valence-electron chi connectivity index (χ1n) is 6.30. The average Bonchev–Trinajstić information content (AvgIpc) is 2.87. The summed E-state index contributed by atoms with van der Waals surface area (Å²) in [6.07, 6.45) is 5.57. The maximum atomic E-state index is 5.74. The summed E-state index contributed by atoms with van der Waals surface area (Å²) in [5.74, 6) is 0. The van der Waals surface area contributed by atoms with E-state index >= 15 is 0 Å². The number of nitrogens with two attached hydrogens (primary N) is 1. The third-order valence-electron chi connectivity index (χ3n) is 3.35. The number of fused-ring (bicyclic) bond motifs is 1. The lowest BCUT2D eigenvalue weighted by Crippen LogP contribution is -1.99. The first-order chi connectivity index (χ1) is 8.86. The van der Waals surface area contributed by atoms with Gasteiger partial charge in [-0.1, -0.05) is 23.9 Å². The second kappa shape index (κ2) is 5.12. The van der Waals surface area contributed by atoms with Crippen LogP contribution in [0.4, 0.5) is 0 Å². The Morgan fingerprint density at radius 2 is 2.06 bits per heavy atom. The van der Waals surface area contributed by atoms with Crippen LogP contribution in [0.25, 0.3) is 0 Å². The fourth-order valence-electron chi connectivity index (χ4n) is 2.39. The molecule has 0 bridgehead atoms. The van der Waals surface area contributed by atoms with E-state index in [1.54, 1.807) is 11.8 Å². The fourth-order valence-corrected chi connectivity index (χ4v) is 3.35. The predicted octanol–water partition coefficient (Wildman–Crippen LogP) is 3.18. The molecule has 0 amide bonds. The maximum absolute atomic E-state index is 5.74. The molecule has 2 nitrogen and oxygen atoms in total. The minimum atomic E-state index is 0.543. The van der Waals surface area contributed by atoms with Crippen molar-refractivity contribution in [2.45, 2.75) is 35.7 Å². The smallest absolute Gasteiger partial charge is 0.105 e. The van der Waals surface area contributed by atoms with Crippen molar-refractivity contribution >= 4 is 11.8 Å². The molecule has 0 spiro atoms. The van der Waals surface area contributed by atoms with Crippen LogP contribution in [-0.4, -0.2) is 4.98 Å². The van der Waals surface area contributed by atoms with Gasteiger partial charge in [-0.2, -0.15) is 0 Å². The Kier molecular flexibility index (Phi) is 3.35. The summed E-state index contributed by atoms with van der Waals surface area (Å²) < 4.78 is 0. The summed E-state index contributed by atoms with van der Waals surface area (Å²) in [4.78, 5) is 5.69. The normalized spacial score (nSPS) is 13.6. The van der Waals surface area contributed by atoms with E-state index in [9.17, 15) is 0 Å². The van der Waals surface area contributed by atoms with Crippen LogP contribution in [0.2, 0.25) is 0 Å². The van der Waals surface area contributed by atoms with Crippen LogP contribution in [0.3, 0.4) is 0 Å². The number of aromatic nitrogens is 1. The van der Waals surface area contributed by atoms with Gasteiger partial charge in [-0.3, -0.25) is 0 Å². The molecule has 3 heteroatoms. The molecule has 1 aromatic heterocycles. The Hall–Kier alpha value is -1.32. The summed E-state index contributed by atoms with van der Waals surface area (Å²) in [6, 6.07) is 10.7. The van der Waals surface area contributed by atoms with Crippen molar-refractivity contribution in [1.29, 1.82) is 0 Å². The molecule has 92 valence electrons. The van der Waals surface area contributed by atoms with Gasteiger partial charge in [0.25, 0.3) is 0 Å². The fraction of sp³-hybridized carbons (Fsp3) is 0.267. The summed E-state index contributed by atoms with van der Waals surface area (Å²) >= 11 is 1.71. The number of aryl methyl sites for hydroxylation is 2. The Labute approximate surface area is 112 Å². The molecule has 3 rings (SSSR count). The van der Waals surface area contributed by atoms with Crippen molar-refractivity contribution in [1.82, 2.24) is 4.98 Å². The highest BCUT2D eigenvalue weighted by molar-refractivity contribution is 7.99. The van der Waals surface area contributed by atoms with Crippen LogP contribution < -0.4 is 5.73 Å². The summed E-state index contributed by atoms with van der Waals surface area (Å²) in [6.45, 7) is 0.543. The van der Waals surface area contributed by atoms with E-state index in [0.29, 0.717) is 6.54 Å². The number of nitrogens with zero attached hydrogens (tertiary/aromatic N) is 1. The predicted molar refractivity (Wildman–Crippen MR) is 74.7 cm³/mol.